The van der Waals surface area contributed by atoms with Crippen molar-refractivity contribution in [2.45, 2.75) is 347 Å². The fourth-order valence-corrected chi connectivity index (χ4v) is 13.0. The van der Waals surface area contributed by atoms with Gasteiger partial charge in [0.2, 0.25) is 0 Å². The van der Waals surface area contributed by atoms with Crippen LogP contribution >= 0.6 is 15.6 Å². The first kappa shape index (κ1) is 109. The third-order valence-corrected chi connectivity index (χ3v) is 19.9. The quantitative estimate of drug-likeness (QED) is 0.0146. The van der Waals surface area contributed by atoms with E-state index in [-0.39, 0.29) is 19.3 Å². The Bertz CT molecular complexity index is 2920. The molecule has 16 nitrogen and oxygen atoms in total. The van der Waals surface area contributed by atoms with E-state index < -0.39 is 91.5 Å². The van der Waals surface area contributed by atoms with E-state index in [4.69, 9.17) is 32.3 Å². The predicted molar refractivity (Wildman–Crippen MR) is 481 cm³/mol. The Hall–Kier alpha value is -5.87. The highest BCUT2D eigenvalue weighted by Gasteiger charge is 2.29. The van der Waals surface area contributed by atoms with Crippen molar-refractivity contribution in [3.8, 4) is 0 Å². The molecule has 0 aliphatic carbocycles. The second-order valence-electron chi connectivity index (χ2n) is 28.9. The molecule has 18 heteroatoms. The molecule has 0 saturated heterocycles. The third kappa shape index (κ3) is 88.8. The van der Waals surface area contributed by atoms with Crippen LogP contribution in [0.2, 0.25) is 0 Å². The van der Waals surface area contributed by atoms with E-state index in [9.17, 15) is 43.5 Å². The van der Waals surface area contributed by atoms with Crippen LogP contribution in [0.3, 0.4) is 0 Å². The smallest absolute Gasteiger partial charge is 0.463 e. The van der Waals surface area contributed by atoms with Crippen molar-refractivity contribution in [2.75, 3.05) is 39.6 Å². The Morgan fingerprint density at radius 1 is 0.243 bits per heavy atom. The summed E-state index contributed by atoms with van der Waals surface area (Å²) in [7, 11) is -9.83. The molecule has 0 aromatic rings. The summed E-state index contributed by atoms with van der Waals surface area (Å²) >= 11 is 0. The minimum atomic E-state index is -4.96. The highest BCUT2D eigenvalue weighted by atomic mass is 31.2. The van der Waals surface area contributed by atoms with Crippen molar-refractivity contribution < 1.29 is 75.8 Å². The number of carbonyl (C=O) groups excluding carboxylic acids is 3. The number of hydrogen-bond acceptors (Lipinski definition) is 14. The summed E-state index contributed by atoms with van der Waals surface area (Å²) in [6.45, 7) is 2.29. The van der Waals surface area contributed by atoms with Crippen molar-refractivity contribution in [1.82, 2.24) is 0 Å². The van der Waals surface area contributed by atoms with Gasteiger partial charge in [-0.2, -0.15) is 0 Å². The molecule has 0 radical (unpaired) electrons. The minimum Gasteiger partial charge on any atom is -0.463 e. The summed E-state index contributed by atoms with van der Waals surface area (Å²) < 4.78 is 61.3. The Morgan fingerprint density at radius 2 is 0.435 bits per heavy atom. The summed E-state index contributed by atoms with van der Waals surface area (Å²) in [6.07, 6.45) is 117. The van der Waals surface area contributed by atoms with Gasteiger partial charge in [0, 0.05) is 19.3 Å². The zero-order chi connectivity index (χ0) is 83.6. The average Bonchev–Trinajstić information content (AvgIpc) is 0.902. The SMILES string of the molecule is CC/C=C\C/C=C\C/C=C\C/C=C\C/C=C\C/C=C\CCCCCCCCCCCCCCCCC(=O)OCC(O)COP(=O)(O)OCC(O)COP(=O)(O)OCC(COC(=O)CCCCCCCCCCC/C=C\C/C=C\C/C=C\C/C=C\C/C=C\CC)OC(=O)CCCC/C=C\C/C=C\C/C=C\C/C=C\C/C=C\C/C=C\CC. The number of hydrogen-bond donors (Lipinski definition) is 4. The van der Waals surface area contributed by atoms with Crippen molar-refractivity contribution in [3.05, 3.63) is 207 Å². The Morgan fingerprint density at radius 3 is 0.704 bits per heavy atom. The summed E-state index contributed by atoms with van der Waals surface area (Å²) in [4.78, 5) is 58.9. The van der Waals surface area contributed by atoms with Gasteiger partial charge in [0.25, 0.3) is 0 Å². The molecule has 0 rings (SSSR count). The van der Waals surface area contributed by atoms with E-state index >= 15 is 0 Å². The van der Waals surface area contributed by atoms with Crippen LogP contribution in [0.15, 0.2) is 207 Å². The number of aliphatic hydroxyl groups excluding tert-OH is 2. The Balaban J connectivity index is 4.62. The predicted octanol–water partition coefficient (Wildman–Crippen LogP) is 27.2. The van der Waals surface area contributed by atoms with Gasteiger partial charge in [-0.1, -0.05) is 349 Å². The van der Waals surface area contributed by atoms with Gasteiger partial charge in [0.15, 0.2) is 6.10 Å². The maximum atomic E-state index is 13.0. The number of phosphoric ester groups is 2. The van der Waals surface area contributed by atoms with Crippen LogP contribution in [0.4, 0.5) is 0 Å². The van der Waals surface area contributed by atoms with E-state index in [0.717, 1.165) is 173 Å². The van der Waals surface area contributed by atoms with E-state index in [0.29, 0.717) is 25.7 Å². The fourth-order valence-electron chi connectivity index (χ4n) is 11.4. The van der Waals surface area contributed by atoms with Gasteiger partial charge in [-0.3, -0.25) is 32.5 Å². The van der Waals surface area contributed by atoms with Crippen LogP contribution < -0.4 is 0 Å². The molecule has 115 heavy (non-hydrogen) atoms. The molecule has 0 aliphatic rings. The lowest BCUT2D eigenvalue weighted by Crippen LogP contribution is -2.30. The molecular formula is C97H158O16P2. The molecule has 0 aliphatic heterocycles. The maximum Gasteiger partial charge on any atom is 0.472 e. The van der Waals surface area contributed by atoms with Crippen molar-refractivity contribution in [2.24, 2.45) is 0 Å². The summed E-state index contributed by atoms with van der Waals surface area (Å²) in [5, 5.41) is 20.7. The molecule has 0 aromatic carbocycles. The molecule has 5 atom stereocenters. The van der Waals surface area contributed by atoms with Crippen LogP contribution in [0, 0.1) is 0 Å². The number of aliphatic hydroxyl groups is 2. The molecule has 0 amide bonds. The standard InChI is InChI=1S/C97H158O16P2/c1-4-7-10-13-16-19-22-25-28-31-34-37-39-41-42-43-44-45-46-47-48-50-52-54-56-59-62-65-68-71-74-77-80-83-95(100)107-86-92(98)87-109-114(103,104)110-88-93(99)89-111-115(105,106)112-91-94(113-97(102)85-82-79-76-73-70-67-64-61-58-53-36-33-30-27-24-21-18-15-12-9-6-3)90-108-96(101)84-81-78-75-72-69-66-63-60-57-55-51-49-40-38-35-32-29-26-23-20-17-14-11-8-5-2/h7-12,16-21,25-30,34-38,41-42,44-45,49,51,53,61,64,70,73,92-94,98-99H,4-6,13-15,22-24,31-33,39-40,43,46-48,50,52,54-60,62-63,65-69,71-72,74-91H2,1-3H3,(H,103,104)(H,105,106)/b10-7-,11-8-,12-9-,19-16-,20-17-,21-18-,28-25-,29-26-,30-27-,37-34-,38-35-,42-41-,45-44-,51-49-,53-36-,64-61-,73-70-. The number of unbranched alkanes of at least 4 members (excludes halogenated alkanes) is 25. The van der Waals surface area contributed by atoms with Crippen LogP contribution in [0.5, 0.6) is 0 Å². The van der Waals surface area contributed by atoms with Gasteiger partial charge >= 0.3 is 33.6 Å². The number of rotatable bonds is 82. The molecule has 652 valence electrons. The van der Waals surface area contributed by atoms with Gasteiger partial charge in [-0.05, 0) is 167 Å². The molecule has 4 N–H and O–H groups in total. The monoisotopic (exact) mass is 1640 g/mol. The van der Waals surface area contributed by atoms with Gasteiger partial charge in [0.1, 0.15) is 25.4 Å². The van der Waals surface area contributed by atoms with Crippen LogP contribution in [0.25, 0.3) is 0 Å². The molecule has 0 fully saturated rings. The van der Waals surface area contributed by atoms with Gasteiger partial charge in [-0.25, -0.2) is 9.13 Å². The first-order valence-corrected chi connectivity index (χ1v) is 47.4. The van der Waals surface area contributed by atoms with E-state index in [1.165, 1.54) is 89.9 Å². The summed E-state index contributed by atoms with van der Waals surface area (Å²) in [5.74, 6) is -1.64. The zero-order valence-electron chi connectivity index (χ0n) is 71.6. The van der Waals surface area contributed by atoms with Crippen molar-refractivity contribution in [1.29, 1.82) is 0 Å². The largest absolute Gasteiger partial charge is 0.472 e. The number of phosphoric acid groups is 2. The van der Waals surface area contributed by atoms with E-state index in [1.54, 1.807) is 0 Å². The molecular weight excluding hydrogens is 1480 g/mol. The lowest BCUT2D eigenvalue weighted by molar-refractivity contribution is -0.161. The van der Waals surface area contributed by atoms with E-state index in [2.05, 4.69) is 227 Å². The minimum absolute atomic E-state index is 0.0407. The van der Waals surface area contributed by atoms with Gasteiger partial charge < -0.3 is 34.2 Å². The highest BCUT2D eigenvalue weighted by Crippen LogP contribution is 2.45. The van der Waals surface area contributed by atoms with Crippen LogP contribution in [-0.4, -0.2) is 95.9 Å². The van der Waals surface area contributed by atoms with Crippen LogP contribution in [-0.2, 0) is 55.8 Å². The zero-order valence-corrected chi connectivity index (χ0v) is 73.4. The molecule has 0 bridgehead atoms. The number of carbonyl (C=O) groups is 3. The molecule has 0 saturated carbocycles. The summed E-state index contributed by atoms with van der Waals surface area (Å²) in [6, 6.07) is 0. The van der Waals surface area contributed by atoms with Crippen molar-refractivity contribution >= 4 is 33.6 Å². The molecule has 0 aromatic heterocycles. The maximum absolute atomic E-state index is 13.0. The fraction of sp³-hybridized carbons (Fsp3) is 0.619. The topological polar surface area (TPSA) is 231 Å². The first-order valence-electron chi connectivity index (χ1n) is 44.4. The lowest BCUT2D eigenvalue weighted by Gasteiger charge is -2.21. The molecule has 0 spiro atoms. The molecule has 0 heterocycles. The average molecular weight is 1640 g/mol. The van der Waals surface area contributed by atoms with Crippen LogP contribution in [0.1, 0.15) is 329 Å². The second kappa shape index (κ2) is 87.4. The second-order valence-corrected chi connectivity index (χ2v) is 31.8. The lowest BCUT2D eigenvalue weighted by atomic mass is 10.0. The summed E-state index contributed by atoms with van der Waals surface area (Å²) in [5.41, 5.74) is 0. The number of ether oxygens (including phenoxy) is 3. The Labute approximate surface area is 699 Å². The highest BCUT2D eigenvalue weighted by molar-refractivity contribution is 7.47. The molecule has 5 unspecified atom stereocenters. The first-order chi connectivity index (χ1) is 56.2. The van der Waals surface area contributed by atoms with Crippen molar-refractivity contribution in [3.63, 3.8) is 0 Å². The third-order valence-electron chi connectivity index (χ3n) is 18.0. The normalized spacial score (nSPS) is 14.8. The number of allylic oxidation sites excluding steroid dienone is 34. The number of esters is 3. The Kier molecular flexibility index (Phi) is 83.0. The van der Waals surface area contributed by atoms with Gasteiger partial charge in [0.05, 0.1) is 26.4 Å². The van der Waals surface area contributed by atoms with Gasteiger partial charge in [-0.15, -0.1) is 0 Å². The van der Waals surface area contributed by atoms with E-state index in [1.807, 2.05) is 0 Å².